The van der Waals surface area contributed by atoms with Crippen LogP contribution in [0.4, 0.5) is 0 Å². The summed E-state index contributed by atoms with van der Waals surface area (Å²) in [4.78, 5) is 21.4. The molecule has 0 bridgehead atoms. The second kappa shape index (κ2) is 7.37. The van der Waals surface area contributed by atoms with E-state index in [0.29, 0.717) is 41.5 Å². The molecule has 30 heavy (non-hydrogen) atoms. The second-order valence-corrected chi connectivity index (χ2v) is 7.78. The van der Waals surface area contributed by atoms with Crippen molar-refractivity contribution < 1.29 is 9.53 Å². The fourth-order valence-electron chi connectivity index (χ4n) is 3.64. The first-order chi connectivity index (χ1) is 14.6. The molecule has 152 valence electrons. The predicted octanol–water partition coefficient (Wildman–Crippen LogP) is 3.11. The molecule has 5 rings (SSSR count). The highest BCUT2D eigenvalue weighted by molar-refractivity contribution is 5.99. The number of ketones is 1. The lowest BCUT2D eigenvalue weighted by atomic mass is 10.0. The van der Waals surface area contributed by atoms with Crippen LogP contribution in [-0.4, -0.2) is 42.3 Å². The summed E-state index contributed by atoms with van der Waals surface area (Å²) in [5.41, 5.74) is 4.07. The molecule has 8 heteroatoms. The maximum Gasteiger partial charge on any atom is 0.174 e. The van der Waals surface area contributed by atoms with Gasteiger partial charge in [0.1, 0.15) is 5.75 Å². The van der Waals surface area contributed by atoms with Crippen LogP contribution in [0.1, 0.15) is 41.0 Å². The van der Waals surface area contributed by atoms with E-state index in [0.717, 1.165) is 29.7 Å². The van der Waals surface area contributed by atoms with Crippen LogP contribution in [0.15, 0.2) is 43.0 Å². The summed E-state index contributed by atoms with van der Waals surface area (Å²) in [7, 11) is 3.47. The molecule has 0 spiro atoms. The van der Waals surface area contributed by atoms with Gasteiger partial charge in [-0.2, -0.15) is 10.2 Å². The highest BCUT2D eigenvalue weighted by Crippen LogP contribution is 2.35. The molecule has 1 aliphatic rings. The molecule has 3 heterocycles. The van der Waals surface area contributed by atoms with E-state index in [4.69, 9.17) is 4.74 Å². The zero-order valence-corrected chi connectivity index (χ0v) is 16.9. The molecule has 0 amide bonds. The number of fused-ring (bicyclic) bond motifs is 1. The number of methoxy groups -OCH3 is 1. The first-order valence-electron chi connectivity index (χ1n) is 9.99. The summed E-state index contributed by atoms with van der Waals surface area (Å²) < 4.78 is 9.02. The van der Waals surface area contributed by atoms with E-state index in [1.54, 1.807) is 34.9 Å². The smallest absolute Gasteiger partial charge is 0.174 e. The maximum atomic E-state index is 12.5. The summed E-state index contributed by atoms with van der Waals surface area (Å²) in [5, 5.41) is 8.90. The Hall–Kier alpha value is -3.55. The van der Waals surface area contributed by atoms with Crippen LogP contribution in [0.3, 0.4) is 0 Å². The van der Waals surface area contributed by atoms with Gasteiger partial charge in [-0.1, -0.05) is 6.07 Å². The topological polar surface area (TPSA) is 87.2 Å². The lowest BCUT2D eigenvalue weighted by Gasteiger charge is -2.09. The van der Waals surface area contributed by atoms with Crippen LogP contribution in [0.2, 0.25) is 0 Å². The van der Waals surface area contributed by atoms with Crippen LogP contribution >= 0.6 is 0 Å². The van der Waals surface area contributed by atoms with Crippen LogP contribution in [-0.2, 0) is 13.5 Å². The quantitative estimate of drug-likeness (QED) is 0.442. The van der Waals surface area contributed by atoms with Crippen molar-refractivity contribution in [3.63, 3.8) is 0 Å². The van der Waals surface area contributed by atoms with E-state index in [-0.39, 0.29) is 5.78 Å². The first kappa shape index (κ1) is 18.5. The minimum Gasteiger partial charge on any atom is -0.496 e. The molecule has 3 aromatic heterocycles. The Labute approximate surface area is 173 Å². The molecule has 1 saturated carbocycles. The number of Topliss-reactive ketones (excluding diaryl/α,β-unsaturated/α-hetero) is 1. The monoisotopic (exact) mass is 402 g/mol. The largest absolute Gasteiger partial charge is 0.496 e. The van der Waals surface area contributed by atoms with E-state index >= 15 is 0 Å². The van der Waals surface area contributed by atoms with Gasteiger partial charge in [0.15, 0.2) is 17.3 Å². The molecule has 8 nitrogen and oxygen atoms in total. The molecule has 0 N–H and O–H groups in total. The van der Waals surface area contributed by atoms with Crippen LogP contribution in [0.5, 0.6) is 5.75 Å². The predicted molar refractivity (Wildman–Crippen MR) is 110 cm³/mol. The highest BCUT2D eigenvalue weighted by atomic mass is 16.5. The molecule has 4 aromatic rings. The molecule has 0 radical (unpaired) electrons. The van der Waals surface area contributed by atoms with Crippen molar-refractivity contribution in [2.24, 2.45) is 13.0 Å². The molecule has 0 aliphatic heterocycles. The average Bonchev–Trinajstić information content (AvgIpc) is 3.29. The molecule has 0 atom stereocenters. The van der Waals surface area contributed by atoms with Crippen LogP contribution < -0.4 is 4.74 Å². The highest BCUT2D eigenvalue weighted by Gasteiger charge is 2.26. The third-order valence-corrected chi connectivity index (χ3v) is 5.39. The van der Waals surface area contributed by atoms with Crippen molar-refractivity contribution in [2.75, 3.05) is 7.11 Å². The van der Waals surface area contributed by atoms with Gasteiger partial charge in [0.25, 0.3) is 0 Å². The number of carbonyl (C=O) groups is 1. The summed E-state index contributed by atoms with van der Waals surface area (Å²) in [5.74, 6) is 1.98. The third-order valence-electron chi connectivity index (χ3n) is 5.39. The Balaban J connectivity index is 1.43. The zero-order chi connectivity index (χ0) is 20.7. The number of benzene rings is 1. The van der Waals surface area contributed by atoms with Crippen LogP contribution in [0, 0.1) is 5.92 Å². The van der Waals surface area contributed by atoms with E-state index in [1.807, 2.05) is 31.4 Å². The molecule has 1 aromatic carbocycles. The number of ether oxygens (including phenoxy) is 1. The van der Waals surface area contributed by atoms with Crippen molar-refractivity contribution in [3.05, 3.63) is 59.9 Å². The number of hydrogen-bond acceptors (Lipinski definition) is 6. The van der Waals surface area contributed by atoms with Gasteiger partial charge in [-0.25, -0.2) is 9.50 Å². The summed E-state index contributed by atoms with van der Waals surface area (Å²) >= 11 is 0. The number of hydrogen-bond donors (Lipinski definition) is 0. The Kier molecular flexibility index (Phi) is 4.54. The first-order valence-corrected chi connectivity index (χ1v) is 9.99. The van der Waals surface area contributed by atoms with Crippen molar-refractivity contribution >= 4 is 11.4 Å². The molecular formula is C22H22N6O2. The summed E-state index contributed by atoms with van der Waals surface area (Å²) in [6.07, 6.45) is 10.6. The van der Waals surface area contributed by atoms with Gasteiger partial charge in [-0.15, -0.1) is 0 Å². The van der Waals surface area contributed by atoms with E-state index in [2.05, 4.69) is 20.2 Å². The van der Waals surface area contributed by atoms with E-state index < -0.39 is 0 Å². The number of nitrogens with zero attached hydrogens (tertiary/aromatic N) is 6. The second-order valence-electron chi connectivity index (χ2n) is 7.78. The third kappa shape index (κ3) is 3.56. The SMILES string of the molecule is COc1cc(Cc2nc3cncc(-c4cnn(C)c4)n3n2)ccc1C(=O)CC1CC1. The minimum absolute atomic E-state index is 0.152. The maximum absolute atomic E-state index is 12.5. The summed E-state index contributed by atoms with van der Waals surface area (Å²) in [6, 6.07) is 5.72. The molecule has 1 fully saturated rings. The van der Waals surface area contributed by atoms with E-state index in [9.17, 15) is 4.79 Å². The minimum atomic E-state index is 0.152. The lowest BCUT2D eigenvalue weighted by Crippen LogP contribution is -2.04. The fourth-order valence-corrected chi connectivity index (χ4v) is 3.64. The number of carbonyl (C=O) groups excluding carboxylic acids is 1. The molecule has 1 aliphatic carbocycles. The van der Waals surface area contributed by atoms with Gasteiger partial charge in [0.2, 0.25) is 0 Å². The van der Waals surface area contributed by atoms with Gasteiger partial charge in [0.05, 0.1) is 37.0 Å². The Morgan fingerprint density at radius 3 is 2.83 bits per heavy atom. The van der Waals surface area contributed by atoms with E-state index in [1.165, 1.54) is 0 Å². The van der Waals surface area contributed by atoms with Crippen LogP contribution in [0.25, 0.3) is 16.9 Å². The van der Waals surface area contributed by atoms with Crippen molar-refractivity contribution in [1.82, 2.24) is 29.4 Å². The average molecular weight is 402 g/mol. The zero-order valence-electron chi connectivity index (χ0n) is 16.9. The molecule has 0 saturated heterocycles. The number of aryl methyl sites for hydroxylation is 1. The molecule has 0 unspecified atom stereocenters. The Morgan fingerprint density at radius 1 is 1.23 bits per heavy atom. The van der Waals surface area contributed by atoms with Gasteiger partial charge in [-0.3, -0.25) is 14.5 Å². The summed E-state index contributed by atoms with van der Waals surface area (Å²) in [6.45, 7) is 0. The normalized spacial score (nSPS) is 13.7. The van der Waals surface area contributed by atoms with Crippen molar-refractivity contribution in [1.29, 1.82) is 0 Å². The lowest BCUT2D eigenvalue weighted by molar-refractivity contribution is 0.0973. The standard InChI is InChI=1S/C22H22N6O2/c1-27-13-16(10-24-27)18-11-23-12-22-25-21(26-28(18)22)9-15-5-6-17(20(8-15)30-2)19(29)7-14-3-4-14/h5-6,8,10-14H,3-4,7,9H2,1-2H3. The van der Waals surface area contributed by atoms with Crippen molar-refractivity contribution in [3.8, 4) is 17.0 Å². The Morgan fingerprint density at radius 2 is 2.10 bits per heavy atom. The molecular weight excluding hydrogens is 380 g/mol. The number of aromatic nitrogens is 6. The van der Waals surface area contributed by atoms with Crippen molar-refractivity contribution in [2.45, 2.75) is 25.7 Å². The van der Waals surface area contributed by atoms with Gasteiger partial charge < -0.3 is 4.74 Å². The van der Waals surface area contributed by atoms with Gasteiger partial charge in [-0.05, 0) is 36.5 Å². The number of rotatable bonds is 7. The Bertz CT molecular complexity index is 1240. The fraction of sp³-hybridized carbons (Fsp3) is 0.318. The van der Waals surface area contributed by atoms with Gasteiger partial charge >= 0.3 is 0 Å². The van der Waals surface area contributed by atoms with Gasteiger partial charge in [0, 0.05) is 31.6 Å².